The molecule has 2 aromatic heterocycles. The molecule has 84 valence electrons. The summed E-state index contributed by atoms with van der Waals surface area (Å²) in [6, 6.07) is 1.43. The molecule has 0 unspecified atom stereocenters. The maximum atomic E-state index is 11.9. The number of carboxylic acids is 1. The average Bonchev–Trinajstić information content (AvgIpc) is 2.48. The topological polar surface area (TPSA) is 85.3 Å². The first-order valence-electron chi connectivity index (χ1n) is 4.57. The number of fused-ring (bicyclic) bond motifs is 1. The zero-order chi connectivity index (χ0) is 12.0. The van der Waals surface area contributed by atoms with Crippen molar-refractivity contribution in [2.24, 2.45) is 0 Å². The Morgan fingerprint density at radius 3 is 2.69 bits per heavy atom. The quantitative estimate of drug-likeness (QED) is 0.728. The fourth-order valence-corrected chi connectivity index (χ4v) is 2.71. The largest absolute Gasteiger partial charge is 0.477 e. The van der Waals surface area contributed by atoms with Crippen LogP contribution in [0, 0.1) is 13.8 Å². The zero-order valence-corrected chi connectivity index (χ0v) is 9.59. The van der Waals surface area contributed by atoms with Gasteiger partial charge in [-0.05, 0) is 25.5 Å². The number of thiophene rings is 1. The van der Waals surface area contributed by atoms with Crippen molar-refractivity contribution in [3.05, 3.63) is 32.6 Å². The van der Waals surface area contributed by atoms with Gasteiger partial charge in [-0.2, -0.15) is 0 Å². The van der Waals surface area contributed by atoms with Crippen molar-refractivity contribution in [3.63, 3.8) is 0 Å². The maximum absolute atomic E-state index is 11.9. The summed E-state index contributed by atoms with van der Waals surface area (Å²) in [5.41, 5.74) is 0.205. The predicted molar refractivity (Wildman–Crippen MR) is 62.7 cm³/mol. The van der Waals surface area contributed by atoms with Gasteiger partial charge in [-0.15, -0.1) is 11.3 Å². The van der Waals surface area contributed by atoms with Crippen molar-refractivity contribution >= 4 is 27.4 Å². The van der Waals surface area contributed by atoms with Gasteiger partial charge in [0.25, 0.3) is 5.56 Å². The van der Waals surface area contributed by atoms with Gasteiger partial charge in [-0.1, -0.05) is 0 Å². The fourth-order valence-electron chi connectivity index (χ4n) is 1.61. The SMILES string of the molecule is Cc1sc2cc(C(=O)O)n(N)c(=O)c2c1C. The average molecular weight is 238 g/mol. The molecule has 16 heavy (non-hydrogen) atoms. The Balaban J connectivity index is 3.00. The number of carbonyl (C=O) groups is 1. The first-order chi connectivity index (χ1) is 7.43. The normalized spacial score (nSPS) is 10.9. The highest BCUT2D eigenvalue weighted by atomic mass is 32.1. The number of hydrogen-bond acceptors (Lipinski definition) is 4. The number of pyridine rings is 1. The van der Waals surface area contributed by atoms with Crippen LogP contribution in [-0.4, -0.2) is 15.8 Å². The van der Waals surface area contributed by atoms with Gasteiger partial charge in [0.2, 0.25) is 0 Å². The first-order valence-corrected chi connectivity index (χ1v) is 5.39. The molecule has 0 aliphatic carbocycles. The molecule has 0 saturated carbocycles. The lowest BCUT2D eigenvalue weighted by Gasteiger charge is -2.03. The van der Waals surface area contributed by atoms with E-state index >= 15 is 0 Å². The van der Waals surface area contributed by atoms with Crippen LogP contribution in [0.2, 0.25) is 0 Å². The summed E-state index contributed by atoms with van der Waals surface area (Å²) in [7, 11) is 0. The zero-order valence-electron chi connectivity index (χ0n) is 8.77. The smallest absolute Gasteiger partial charge is 0.354 e. The van der Waals surface area contributed by atoms with Gasteiger partial charge < -0.3 is 10.9 Å². The molecule has 2 rings (SSSR count). The van der Waals surface area contributed by atoms with Crippen LogP contribution >= 0.6 is 11.3 Å². The number of aryl methyl sites for hydroxylation is 2. The van der Waals surface area contributed by atoms with Crippen LogP contribution in [0.15, 0.2) is 10.9 Å². The molecular weight excluding hydrogens is 228 g/mol. The Hall–Kier alpha value is -1.82. The monoisotopic (exact) mass is 238 g/mol. The summed E-state index contributed by atoms with van der Waals surface area (Å²) in [5.74, 6) is 4.25. The van der Waals surface area contributed by atoms with E-state index in [1.54, 1.807) is 0 Å². The molecule has 0 radical (unpaired) electrons. The third-order valence-electron chi connectivity index (χ3n) is 2.59. The number of hydrogen-bond donors (Lipinski definition) is 2. The highest BCUT2D eigenvalue weighted by Gasteiger charge is 2.16. The van der Waals surface area contributed by atoms with Crippen LogP contribution in [0.1, 0.15) is 20.9 Å². The number of nitrogen functional groups attached to an aromatic ring is 1. The summed E-state index contributed by atoms with van der Waals surface area (Å²) < 4.78 is 1.35. The summed E-state index contributed by atoms with van der Waals surface area (Å²) in [6.45, 7) is 3.72. The Labute approximate surface area is 94.7 Å². The van der Waals surface area contributed by atoms with Gasteiger partial charge in [0.05, 0.1) is 5.39 Å². The summed E-state index contributed by atoms with van der Waals surface area (Å²) in [4.78, 5) is 23.7. The second-order valence-electron chi connectivity index (χ2n) is 3.53. The van der Waals surface area contributed by atoms with Crippen molar-refractivity contribution in [1.82, 2.24) is 4.68 Å². The van der Waals surface area contributed by atoms with Crippen molar-refractivity contribution in [2.45, 2.75) is 13.8 Å². The number of aromatic nitrogens is 1. The molecule has 0 fully saturated rings. The lowest BCUT2D eigenvalue weighted by molar-refractivity contribution is 0.0686. The molecule has 0 aliphatic rings. The number of aromatic carboxylic acids is 1. The van der Waals surface area contributed by atoms with E-state index in [1.165, 1.54) is 17.4 Å². The van der Waals surface area contributed by atoms with Crippen LogP contribution in [0.25, 0.3) is 10.1 Å². The van der Waals surface area contributed by atoms with E-state index in [4.69, 9.17) is 10.9 Å². The molecule has 0 spiro atoms. The van der Waals surface area contributed by atoms with E-state index in [1.807, 2.05) is 13.8 Å². The fraction of sp³-hybridized carbons (Fsp3) is 0.200. The van der Waals surface area contributed by atoms with Crippen LogP contribution < -0.4 is 11.4 Å². The lowest BCUT2D eigenvalue weighted by atomic mass is 10.2. The van der Waals surface area contributed by atoms with Gasteiger partial charge in [0.1, 0.15) is 0 Å². The van der Waals surface area contributed by atoms with E-state index in [0.717, 1.165) is 10.4 Å². The lowest BCUT2D eigenvalue weighted by Crippen LogP contribution is -2.32. The van der Waals surface area contributed by atoms with Gasteiger partial charge >= 0.3 is 5.97 Å². The molecule has 0 bridgehead atoms. The van der Waals surface area contributed by atoms with E-state index in [-0.39, 0.29) is 5.69 Å². The molecule has 0 amide bonds. The predicted octanol–water partition coefficient (Wildman–Crippen LogP) is 1.09. The van der Waals surface area contributed by atoms with E-state index in [9.17, 15) is 9.59 Å². The van der Waals surface area contributed by atoms with Crippen molar-refractivity contribution in [1.29, 1.82) is 0 Å². The van der Waals surface area contributed by atoms with Crippen molar-refractivity contribution in [3.8, 4) is 0 Å². The van der Waals surface area contributed by atoms with Crippen LogP contribution in [0.5, 0.6) is 0 Å². The van der Waals surface area contributed by atoms with Crippen LogP contribution in [0.3, 0.4) is 0 Å². The van der Waals surface area contributed by atoms with Gasteiger partial charge in [-0.25, -0.2) is 9.47 Å². The molecule has 0 aromatic carbocycles. The standard InChI is InChI=1S/C10H10N2O3S/c1-4-5(2)16-7-3-6(10(14)15)12(11)9(13)8(4)7/h3H,11H2,1-2H3,(H,14,15). The Morgan fingerprint density at radius 1 is 1.50 bits per heavy atom. The van der Waals surface area contributed by atoms with Crippen LogP contribution in [0.4, 0.5) is 0 Å². The minimum Gasteiger partial charge on any atom is -0.477 e. The van der Waals surface area contributed by atoms with Gasteiger partial charge in [0, 0.05) is 9.58 Å². The number of nitrogens with zero attached hydrogens (tertiary/aromatic N) is 1. The number of rotatable bonds is 1. The second-order valence-corrected chi connectivity index (χ2v) is 4.79. The highest BCUT2D eigenvalue weighted by Crippen LogP contribution is 2.27. The molecule has 0 atom stereocenters. The highest BCUT2D eigenvalue weighted by molar-refractivity contribution is 7.19. The van der Waals surface area contributed by atoms with E-state index < -0.39 is 11.5 Å². The first kappa shape index (κ1) is 10.7. The maximum Gasteiger partial charge on any atom is 0.354 e. The summed E-state index contributed by atoms with van der Waals surface area (Å²) in [6.07, 6.45) is 0. The van der Waals surface area contributed by atoms with Crippen LogP contribution in [-0.2, 0) is 0 Å². The minimum absolute atomic E-state index is 0.196. The molecule has 2 aromatic rings. The minimum atomic E-state index is -1.20. The molecular formula is C10H10N2O3S. The van der Waals surface area contributed by atoms with E-state index in [2.05, 4.69) is 0 Å². The Kier molecular flexibility index (Phi) is 2.23. The van der Waals surface area contributed by atoms with E-state index in [0.29, 0.717) is 14.8 Å². The summed E-state index contributed by atoms with van der Waals surface area (Å²) in [5, 5.41) is 9.40. The Bertz CT molecular complexity index is 654. The number of nitrogens with two attached hydrogens (primary N) is 1. The molecule has 3 N–H and O–H groups in total. The third-order valence-corrected chi connectivity index (χ3v) is 3.75. The van der Waals surface area contributed by atoms with Crippen molar-refractivity contribution in [2.75, 3.05) is 5.84 Å². The van der Waals surface area contributed by atoms with Gasteiger partial charge in [-0.3, -0.25) is 4.79 Å². The third kappa shape index (κ3) is 1.30. The van der Waals surface area contributed by atoms with Gasteiger partial charge in [0.15, 0.2) is 5.69 Å². The molecule has 0 saturated heterocycles. The number of carboxylic acid groups (broad SMARTS) is 1. The molecule has 2 heterocycles. The van der Waals surface area contributed by atoms with Crippen molar-refractivity contribution < 1.29 is 9.90 Å². The summed E-state index contributed by atoms with van der Waals surface area (Å²) >= 11 is 1.40. The Morgan fingerprint density at radius 2 is 2.12 bits per heavy atom. The molecule has 0 aliphatic heterocycles. The molecule has 6 heteroatoms. The second kappa shape index (κ2) is 3.34. The molecule has 5 nitrogen and oxygen atoms in total.